The molecule has 6 heteroatoms. The third kappa shape index (κ3) is 5.61. The number of phenols is 2. The van der Waals surface area contributed by atoms with Crippen molar-refractivity contribution in [2.24, 2.45) is 0 Å². The highest BCUT2D eigenvalue weighted by atomic mass is 32.2. The van der Waals surface area contributed by atoms with E-state index in [0.29, 0.717) is 16.9 Å². The number of phenolic OH excluding ortho intramolecular Hbond substituents is 2. The summed E-state index contributed by atoms with van der Waals surface area (Å²) >= 11 is 2.74. The van der Waals surface area contributed by atoms with Gasteiger partial charge in [-0.15, -0.1) is 11.8 Å². The Bertz CT molecular complexity index is 1380. The number of thioether (sulfide) groups is 1. The number of benzene rings is 3. The van der Waals surface area contributed by atoms with Gasteiger partial charge in [-0.05, 0) is 70.5 Å². The lowest BCUT2D eigenvalue weighted by atomic mass is 9.86. The molecule has 1 aliphatic carbocycles. The molecule has 0 radical (unpaired) electrons. The summed E-state index contributed by atoms with van der Waals surface area (Å²) in [6.45, 7) is 7.97. The zero-order valence-corrected chi connectivity index (χ0v) is 22.3. The van der Waals surface area contributed by atoms with Crippen molar-refractivity contribution >= 4 is 35.1 Å². The van der Waals surface area contributed by atoms with E-state index < -0.39 is 11.6 Å². The van der Waals surface area contributed by atoms with Gasteiger partial charge in [0, 0.05) is 20.6 Å². The first kappa shape index (κ1) is 25.9. The van der Waals surface area contributed by atoms with Crippen molar-refractivity contribution in [3.05, 3.63) is 100 Å². The Morgan fingerprint density at radius 1 is 0.889 bits per heavy atom. The highest BCUT2D eigenvalue weighted by Crippen LogP contribution is 2.46. The average molecular weight is 517 g/mol. The van der Waals surface area contributed by atoms with Gasteiger partial charge in [0.1, 0.15) is 11.5 Å². The molecule has 1 atom stereocenters. The summed E-state index contributed by atoms with van der Waals surface area (Å²) in [5, 5.41) is 21.5. The molecule has 3 aromatic carbocycles. The Morgan fingerprint density at radius 3 is 2.06 bits per heavy atom. The quantitative estimate of drug-likeness (QED) is 0.190. The molecule has 4 rings (SSSR count). The lowest BCUT2D eigenvalue weighted by Gasteiger charge is -2.24. The van der Waals surface area contributed by atoms with Crippen molar-refractivity contribution in [1.82, 2.24) is 0 Å². The highest BCUT2D eigenvalue weighted by molar-refractivity contribution is 8.00. The third-order valence-electron chi connectivity index (χ3n) is 5.90. The first-order chi connectivity index (χ1) is 17.1. The molecular formula is C30H28O4S2. The summed E-state index contributed by atoms with van der Waals surface area (Å²) in [6.07, 6.45) is 3.91. The van der Waals surface area contributed by atoms with Crippen LogP contribution in [0.1, 0.15) is 52.1 Å². The van der Waals surface area contributed by atoms with E-state index in [1.54, 1.807) is 0 Å². The number of rotatable bonds is 7. The van der Waals surface area contributed by atoms with Crippen molar-refractivity contribution in [1.29, 1.82) is 0 Å². The smallest absolute Gasteiger partial charge is 0.194 e. The fraction of sp³-hybridized carbons (Fsp3) is 0.200. The lowest BCUT2D eigenvalue weighted by molar-refractivity contribution is 0.0976. The lowest BCUT2D eigenvalue weighted by Crippen LogP contribution is -2.24. The first-order valence-electron chi connectivity index (χ1n) is 11.6. The number of allylic oxidation sites excluding steroid dienone is 3. The number of hydrogen-bond acceptors (Lipinski definition) is 6. The molecule has 0 amide bonds. The second-order valence-electron chi connectivity index (χ2n) is 9.14. The summed E-state index contributed by atoms with van der Waals surface area (Å²) in [6, 6.07) is 17.1. The molecular weight excluding hydrogens is 488 g/mol. The SMILES string of the molecule is CC(C)=CCC(Sc1ccc(C)cc1)C1=CC(=O)c2c(O)cc(Sc3ccc(C)cc3)c(O)c2C1=O. The summed E-state index contributed by atoms with van der Waals surface area (Å²) in [5.74, 6) is -1.50. The van der Waals surface area contributed by atoms with Gasteiger partial charge in [-0.2, -0.15) is 0 Å². The van der Waals surface area contributed by atoms with E-state index >= 15 is 0 Å². The number of aryl methyl sites for hydroxylation is 2. The van der Waals surface area contributed by atoms with Crippen LogP contribution in [0.25, 0.3) is 0 Å². The zero-order valence-electron chi connectivity index (χ0n) is 20.7. The topological polar surface area (TPSA) is 74.6 Å². The van der Waals surface area contributed by atoms with Crippen molar-refractivity contribution in [3.8, 4) is 11.5 Å². The van der Waals surface area contributed by atoms with Gasteiger partial charge >= 0.3 is 0 Å². The summed E-state index contributed by atoms with van der Waals surface area (Å²) < 4.78 is 0. The van der Waals surface area contributed by atoms with E-state index in [2.05, 4.69) is 0 Å². The van der Waals surface area contributed by atoms with Crippen LogP contribution < -0.4 is 0 Å². The van der Waals surface area contributed by atoms with Crippen molar-refractivity contribution in [2.75, 3.05) is 0 Å². The first-order valence-corrected chi connectivity index (χ1v) is 13.3. The van der Waals surface area contributed by atoms with Gasteiger partial charge in [0.05, 0.1) is 16.0 Å². The predicted molar refractivity (Wildman–Crippen MR) is 147 cm³/mol. The van der Waals surface area contributed by atoms with E-state index in [-0.39, 0.29) is 27.9 Å². The number of carbonyl (C=O) groups excluding carboxylic acids is 2. The van der Waals surface area contributed by atoms with Gasteiger partial charge in [-0.25, -0.2) is 0 Å². The minimum atomic E-state index is -0.481. The molecule has 0 aliphatic heterocycles. The number of carbonyl (C=O) groups is 2. The molecule has 0 fully saturated rings. The molecule has 4 nitrogen and oxygen atoms in total. The Balaban J connectivity index is 1.74. The molecule has 2 N–H and O–H groups in total. The Morgan fingerprint density at radius 2 is 1.47 bits per heavy atom. The molecule has 3 aromatic rings. The second-order valence-corrected chi connectivity index (χ2v) is 11.5. The van der Waals surface area contributed by atoms with Crippen LogP contribution in [0.3, 0.4) is 0 Å². The van der Waals surface area contributed by atoms with Crippen LogP contribution in [-0.2, 0) is 0 Å². The molecule has 0 saturated carbocycles. The Hall–Kier alpha value is -3.22. The number of hydrogen-bond donors (Lipinski definition) is 2. The van der Waals surface area contributed by atoms with E-state index in [1.165, 1.54) is 35.7 Å². The van der Waals surface area contributed by atoms with E-state index in [0.717, 1.165) is 26.5 Å². The predicted octanol–water partition coefficient (Wildman–Crippen LogP) is 7.69. The second kappa shape index (κ2) is 10.8. The number of ketones is 2. The average Bonchev–Trinajstić information content (AvgIpc) is 2.83. The molecule has 0 saturated heterocycles. The van der Waals surface area contributed by atoms with Crippen molar-refractivity contribution in [3.63, 3.8) is 0 Å². The maximum Gasteiger partial charge on any atom is 0.194 e. The summed E-state index contributed by atoms with van der Waals surface area (Å²) in [7, 11) is 0. The fourth-order valence-corrected chi connectivity index (χ4v) is 5.95. The van der Waals surface area contributed by atoms with Crippen molar-refractivity contribution in [2.45, 2.75) is 54.1 Å². The Kier molecular flexibility index (Phi) is 7.76. The number of aromatic hydroxyl groups is 2. The molecule has 1 unspecified atom stereocenters. The van der Waals surface area contributed by atoms with Crippen LogP contribution in [0.15, 0.2) is 92.6 Å². The minimum absolute atomic E-state index is 0.126. The van der Waals surface area contributed by atoms with Gasteiger partial charge in [-0.3, -0.25) is 9.59 Å². The minimum Gasteiger partial charge on any atom is -0.507 e. The fourth-order valence-electron chi connectivity index (χ4n) is 3.94. The standard InChI is InChI=1S/C30H28O4S2/c1-17(2)5-14-25(35-20-10-6-18(3)7-11-20)22-15-23(31)27-24(32)16-26(30(34)28(27)29(22)33)36-21-12-8-19(4)9-13-21/h5-13,15-16,25,32,34H,14H2,1-4H3. The maximum atomic E-state index is 13.8. The van der Waals surface area contributed by atoms with Gasteiger partial charge in [0.15, 0.2) is 11.6 Å². The number of Topliss-reactive ketones (excluding diaryl/α,β-unsaturated/α-hetero) is 1. The van der Waals surface area contributed by atoms with Crippen LogP contribution in [0.2, 0.25) is 0 Å². The molecule has 0 spiro atoms. The van der Waals surface area contributed by atoms with Gasteiger partial charge in [0.2, 0.25) is 0 Å². The van der Waals surface area contributed by atoms with E-state index in [1.807, 2.05) is 82.3 Å². The highest BCUT2D eigenvalue weighted by Gasteiger charge is 2.36. The van der Waals surface area contributed by atoms with Crippen LogP contribution in [0.5, 0.6) is 11.5 Å². The monoisotopic (exact) mass is 516 g/mol. The normalized spacial score (nSPS) is 13.7. The van der Waals surface area contributed by atoms with Crippen LogP contribution in [0.4, 0.5) is 0 Å². The summed E-state index contributed by atoms with van der Waals surface area (Å²) in [4.78, 5) is 29.1. The van der Waals surface area contributed by atoms with E-state index in [9.17, 15) is 19.8 Å². The van der Waals surface area contributed by atoms with Crippen molar-refractivity contribution < 1.29 is 19.8 Å². The van der Waals surface area contributed by atoms with Gasteiger partial charge < -0.3 is 10.2 Å². The molecule has 0 aromatic heterocycles. The molecule has 1 aliphatic rings. The van der Waals surface area contributed by atoms with Crippen LogP contribution >= 0.6 is 23.5 Å². The zero-order chi connectivity index (χ0) is 26.0. The van der Waals surface area contributed by atoms with Crippen LogP contribution in [0, 0.1) is 13.8 Å². The molecule has 0 heterocycles. The van der Waals surface area contributed by atoms with Gasteiger partial charge in [-0.1, -0.05) is 58.8 Å². The maximum absolute atomic E-state index is 13.8. The van der Waals surface area contributed by atoms with Gasteiger partial charge in [0.25, 0.3) is 0 Å². The van der Waals surface area contributed by atoms with Crippen LogP contribution in [-0.4, -0.2) is 27.0 Å². The molecule has 184 valence electrons. The van der Waals surface area contributed by atoms with E-state index in [4.69, 9.17) is 0 Å². The molecule has 0 bridgehead atoms. The number of fused-ring (bicyclic) bond motifs is 1. The molecule has 36 heavy (non-hydrogen) atoms. The summed E-state index contributed by atoms with van der Waals surface area (Å²) in [5.41, 5.74) is 3.40. The Labute approximate surface area is 220 Å². The third-order valence-corrected chi connectivity index (χ3v) is 8.22. The largest absolute Gasteiger partial charge is 0.507 e.